The Bertz CT molecular complexity index is 999. The first-order valence-corrected chi connectivity index (χ1v) is 13.1. The third-order valence-corrected chi connectivity index (χ3v) is 7.40. The average Bonchev–Trinajstić information content (AvgIpc) is 2.95. The number of pyridine rings is 1. The molecule has 2 atom stereocenters. The van der Waals surface area contributed by atoms with E-state index in [1.54, 1.807) is 0 Å². The number of nitrogens with two attached hydrogens (primary N) is 1. The standard InChI is InChI=1S/C30H39N5O/c1-32-30(31)34-20-23-12-14-24(15-13-23)21-35(29(36)27-10-6-3-7-11-27)22-28(25-8-4-2-5-9-25)26-16-18-33-19-17-26/h2-11,16-19,23-24,28,30,32,34H,12-15,20-22,31H2,1H3. The average molecular weight is 486 g/mol. The number of carbonyl (C=O) groups is 1. The van der Waals surface area contributed by atoms with Crippen LogP contribution in [0.25, 0.3) is 0 Å². The zero-order chi connectivity index (χ0) is 25.2. The molecule has 6 heteroatoms. The molecule has 2 unspecified atom stereocenters. The van der Waals surface area contributed by atoms with E-state index < -0.39 is 0 Å². The highest BCUT2D eigenvalue weighted by atomic mass is 16.2. The summed E-state index contributed by atoms with van der Waals surface area (Å²) in [6.45, 7) is 2.35. The van der Waals surface area contributed by atoms with Crippen LogP contribution in [0.1, 0.15) is 53.1 Å². The SMILES string of the molecule is CNC(N)NCC1CCC(CN(CC(c2ccccc2)c2ccncc2)C(=O)c2ccccc2)CC1. The maximum atomic E-state index is 13.8. The number of hydrogen-bond acceptors (Lipinski definition) is 5. The minimum absolute atomic E-state index is 0.0884. The number of carbonyl (C=O) groups excluding carboxylic acids is 1. The summed E-state index contributed by atoms with van der Waals surface area (Å²) >= 11 is 0. The Labute approximate surface area is 215 Å². The number of aromatic nitrogens is 1. The molecule has 2 aromatic carbocycles. The lowest BCUT2D eigenvalue weighted by Gasteiger charge is -2.35. The van der Waals surface area contributed by atoms with E-state index in [-0.39, 0.29) is 18.1 Å². The number of amides is 1. The van der Waals surface area contributed by atoms with E-state index in [9.17, 15) is 4.79 Å². The molecular formula is C30H39N5O. The Hall–Kier alpha value is -3.06. The number of rotatable bonds is 11. The van der Waals surface area contributed by atoms with E-state index >= 15 is 0 Å². The monoisotopic (exact) mass is 485 g/mol. The van der Waals surface area contributed by atoms with Crippen LogP contribution in [-0.2, 0) is 0 Å². The zero-order valence-corrected chi connectivity index (χ0v) is 21.2. The van der Waals surface area contributed by atoms with Gasteiger partial charge in [-0.2, -0.15) is 0 Å². The van der Waals surface area contributed by atoms with E-state index in [2.05, 4.69) is 56.9 Å². The molecule has 1 saturated carbocycles. The number of nitrogens with zero attached hydrogens (tertiary/aromatic N) is 2. The molecule has 3 aromatic rings. The molecule has 1 fully saturated rings. The minimum atomic E-state index is -0.162. The van der Waals surface area contributed by atoms with Gasteiger partial charge in [0.25, 0.3) is 5.91 Å². The number of hydrogen-bond donors (Lipinski definition) is 3. The smallest absolute Gasteiger partial charge is 0.253 e. The van der Waals surface area contributed by atoms with Gasteiger partial charge >= 0.3 is 0 Å². The molecule has 1 heterocycles. The molecule has 4 rings (SSSR count). The lowest BCUT2D eigenvalue weighted by Crippen LogP contribution is -2.49. The van der Waals surface area contributed by atoms with Gasteiger partial charge in [0.15, 0.2) is 0 Å². The van der Waals surface area contributed by atoms with Crippen molar-refractivity contribution in [2.45, 2.75) is 37.9 Å². The zero-order valence-electron chi connectivity index (χ0n) is 21.2. The topological polar surface area (TPSA) is 83.3 Å². The van der Waals surface area contributed by atoms with Crippen LogP contribution >= 0.6 is 0 Å². The summed E-state index contributed by atoms with van der Waals surface area (Å²) in [7, 11) is 1.86. The fraction of sp³-hybridized carbons (Fsp3) is 0.400. The van der Waals surface area contributed by atoms with Gasteiger partial charge in [0.2, 0.25) is 0 Å². The molecule has 0 radical (unpaired) electrons. The number of nitrogens with one attached hydrogen (secondary N) is 2. The van der Waals surface area contributed by atoms with Crippen molar-refractivity contribution in [3.63, 3.8) is 0 Å². The van der Waals surface area contributed by atoms with Crippen molar-refractivity contribution < 1.29 is 4.79 Å². The third kappa shape index (κ3) is 7.23. The molecular weight excluding hydrogens is 446 g/mol. The van der Waals surface area contributed by atoms with Crippen molar-refractivity contribution >= 4 is 5.91 Å². The summed E-state index contributed by atoms with van der Waals surface area (Å²) in [5.41, 5.74) is 9.08. The van der Waals surface area contributed by atoms with E-state index in [1.165, 1.54) is 11.1 Å². The second-order valence-electron chi connectivity index (χ2n) is 9.88. The third-order valence-electron chi connectivity index (χ3n) is 7.40. The van der Waals surface area contributed by atoms with E-state index in [4.69, 9.17) is 5.73 Å². The predicted octanol–water partition coefficient (Wildman–Crippen LogP) is 4.21. The fourth-order valence-electron chi connectivity index (χ4n) is 5.23. The molecule has 4 N–H and O–H groups in total. The van der Waals surface area contributed by atoms with Crippen LogP contribution < -0.4 is 16.4 Å². The van der Waals surface area contributed by atoms with Gasteiger partial charge in [-0.25, -0.2) is 0 Å². The highest BCUT2D eigenvalue weighted by Gasteiger charge is 2.28. The summed E-state index contributed by atoms with van der Waals surface area (Å²) in [6, 6.07) is 24.3. The van der Waals surface area contributed by atoms with Crippen LogP contribution in [-0.4, -0.2) is 48.8 Å². The normalized spacial score (nSPS) is 19.4. The van der Waals surface area contributed by atoms with Crippen LogP contribution in [0.3, 0.4) is 0 Å². The molecule has 0 bridgehead atoms. The summed E-state index contributed by atoms with van der Waals surface area (Å²) < 4.78 is 0. The first-order valence-electron chi connectivity index (χ1n) is 13.1. The molecule has 6 nitrogen and oxygen atoms in total. The van der Waals surface area contributed by atoms with Gasteiger partial charge < -0.3 is 10.6 Å². The molecule has 0 aliphatic heterocycles. The highest BCUT2D eigenvalue weighted by Crippen LogP contribution is 2.31. The molecule has 0 saturated heterocycles. The van der Waals surface area contributed by atoms with Crippen molar-refractivity contribution in [2.75, 3.05) is 26.7 Å². The van der Waals surface area contributed by atoms with E-state index in [0.29, 0.717) is 18.4 Å². The van der Waals surface area contributed by atoms with Crippen molar-refractivity contribution in [3.05, 3.63) is 102 Å². The maximum absolute atomic E-state index is 13.8. The first kappa shape index (κ1) is 26.0. The highest BCUT2D eigenvalue weighted by molar-refractivity contribution is 5.94. The Balaban J connectivity index is 1.51. The van der Waals surface area contributed by atoms with Crippen LogP contribution in [0.15, 0.2) is 85.2 Å². The largest absolute Gasteiger partial charge is 0.337 e. The molecule has 1 amide bonds. The molecule has 1 aromatic heterocycles. The van der Waals surface area contributed by atoms with Crippen molar-refractivity contribution in [2.24, 2.45) is 17.6 Å². The maximum Gasteiger partial charge on any atom is 0.253 e. The van der Waals surface area contributed by atoms with E-state index in [0.717, 1.165) is 44.3 Å². The first-order chi connectivity index (χ1) is 17.6. The van der Waals surface area contributed by atoms with E-state index in [1.807, 2.05) is 55.8 Å². The number of benzene rings is 2. The van der Waals surface area contributed by atoms with Gasteiger partial charge in [-0.3, -0.25) is 20.4 Å². The van der Waals surface area contributed by atoms with Gasteiger partial charge in [0.05, 0.1) is 0 Å². The van der Waals surface area contributed by atoms with Crippen LogP contribution in [0.2, 0.25) is 0 Å². The molecule has 0 spiro atoms. The lowest BCUT2D eigenvalue weighted by molar-refractivity contribution is 0.0698. The van der Waals surface area contributed by atoms with Gasteiger partial charge in [-0.15, -0.1) is 0 Å². The van der Waals surface area contributed by atoms with Crippen molar-refractivity contribution in [1.29, 1.82) is 0 Å². The van der Waals surface area contributed by atoms with Crippen LogP contribution in [0.5, 0.6) is 0 Å². The molecule has 36 heavy (non-hydrogen) atoms. The summed E-state index contributed by atoms with van der Waals surface area (Å²) in [5, 5.41) is 6.39. The fourth-order valence-corrected chi connectivity index (χ4v) is 5.23. The Morgan fingerprint density at radius 2 is 1.50 bits per heavy atom. The molecule has 190 valence electrons. The van der Waals surface area contributed by atoms with Gasteiger partial charge in [0, 0.05) is 43.5 Å². The Morgan fingerprint density at radius 3 is 2.14 bits per heavy atom. The van der Waals surface area contributed by atoms with Gasteiger partial charge in [-0.1, -0.05) is 48.5 Å². The summed E-state index contributed by atoms with van der Waals surface area (Å²) in [6.07, 6.45) is 8.09. The molecule has 1 aliphatic carbocycles. The summed E-state index contributed by atoms with van der Waals surface area (Å²) in [4.78, 5) is 20.1. The Morgan fingerprint density at radius 1 is 0.917 bits per heavy atom. The lowest BCUT2D eigenvalue weighted by atomic mass is 9.81. The predicted molar refractivity (Wildman–Crippen MR) is 145 cm³/mol. The summed E-state index contributed by atoms with van der Waals surface area (Å²) in [5.74, 6) is 1.33. The molecule has 1 aliphatic rings. The van der Waals surface area contributed by atoms with Crippen molar-refractivity contribution in [1.82, 2.24) is 20.5 Å². The second-order valence-corrected chi connectivity index (χ2v) is 9.88. The van der Waals surface area contributed by atoms with Crippen LogP contribution in [0, 0.1) is 11.8 Å². The van der Waals surface area contributed by atoms with Gasteiger partial charge in [-0.05, 0) is 80.0 Å². The quantitative estimate of drug-likeness (QED) is 0.354. The second kappa shape index (κ2) is 13.3. The van der Waals surface area contributed by atoms with Crippen molar-refractivity contribution in [3.8, 4) is 0 Å². The Kier molecular flexibility index (Phi) is 9.61. The van der Waals surface area contributed by atoms with Gasteiger partial charge in [0.1, 0.15) is 6.29 Å². The minimum Gasteiger partial charge on any atom is -0.337 e. The van der Waals surface area contributed by atoms with Crippen LogP contribution in [0.4, 0.5) is 0 Å².